The molecule has 53 heavy (non-hydrogen) atoms. The summed E-state index contributed by atoms with van der Waals surface area (Å²) < 4.78 is 10.5. The summed E-state index contributed by atoms with van der Waals surface area (Å²) in [7, 11) is 0. The Morgan fingerprint density at radius 3 is 1.15 bits per heavy atom. The van der Waals surface area contributed by atoms with Crippen LogP contribution in [0.4, 0.5) is 0 Å². The quantitative estimate of drug-likeness (QED) is 0.0388. The van der Waals surface area contributed by atoms with Crippen LogP contribution in [0.2, 0.25) is 0 Å². The minimum Gasteiger partial charge on any atom is -0.463 e. The van der Waals surface area contributed by atoms with Gasteiger partial charge >= 0.3 is 11.9 Å². The summed E-state index contributed by atoms with van der Waals surface area (Å²) in [4.78, 5) is 24.2. The molecule has 1 aromatic heterocycles. The maximum absolute atomic E-state index is 12.1. The largest absolute Gasteiger partial charge is 0.463 e. The van der Waals surface area contributed by atoms with Crippen molar-refractivity contribution in [1.82, 2.24) is 10.2 Å². The minimum absolute atomic E-state index is 0.0753. The number of aliphatic hydroxyl groups is 2. The molecule has 0 bridgehead atoms. The highest BCUT2D eigenvalue weighted by atomic mass is 32.1. The van der Waals surface area contributed by atoms with Crippen molar-refractivity contribution in [2.24, 2.45) is 0 Å². The van der Waals surface area contributed by atoms with Crippen LogP contribution in [-0.2, 0) is 31.9 Å². The zero-order valence-electron chi connectivity index (χ0n) is 33.9. The summed E-state index contributed by atoms with van der Waals surface area (Å²) in [5, 5.41) is 30.1. The van der Waals surface area contributed by atoms with Crippen LogP contribution in [-0.4, -0.2) is 57.8 Å². The zero-order chi connectivity index (χ0) is 38.5. The number of aliphatic hydroxyl groups excluding tert-OH is 2. The normalized spacial score (nSPS) is 12.9. The molecule has 0 saturated heterocycles. The van der Waals surface area contributed by atoms with Crippen molar-refractivity contribution in [3.63, 3.8) is 0 Å². The Bertz CT molecular complexity index is 966. The third kappa shape index (κ3) is 33.0. The number of unbranched alkanes of at least 4 members (excludes halogenated alkanes) is 22. The molecule has 0 radical (unpaired) electrons. The van der Waals surface area contributed by atoms with Crippen LogP contribution in [0.3, 0.4) is 0 Å². The lowest BCUT2D eigenvalue weighted by Crippen LogP contribution is -2.21. The number of rotatable bonds is 38. The van der Waals surface area contributed by atoms with Gasteiger partial charge in [0.2, 0.25) is 0 Å². The first-order valence-corrected chi connectivity index (χ1v) is 22.5. The monoisotopic (exact) mass is 763 g/mol. The highest BCUT2D eigenvalue weighted by Crippen LogP contribution is 2.16. The van der Waals surface area contributed by atoms with Gasteiger partial charge in [0.05, 0.1) is 12.2 Å². The standard InChI is InChI=1S/C44H78N2O6S/c1-3-5-7-9-11-13-15-17-19-21-23-25-27-29-31-33-43(49)51-37-39(47)35-41-45-46-42(53-41)36-40(48)38-52-44(50)34-32-30-28-26-24-22-20-18-16-14-12-10-8-6-4-2/h17-20,39-40,47-48H,3-16,21-38H2,1-2H3/b19-17-,20-18-. The third-order valence-corrected chi connectivity index (χ3v) is 10.5. The number of hydrogen-bond acceptors (Lipinski definition) is 9. The van der Waals surface area contributed by atoms with Gasteiger partial charge in [0, 0.05) is 25.7 Å². The molecule has 2 N–H and O–H groups in total. The molecule has 1 heterocycles. The fourth-order valence-corrected chi connectivity index (χ4v) is 7.16. The van der Waals surface area contributed by atoms with E-state index in [1.54, 1.807) is 0 Å². The van der Waals surface area contributed by atoms with Crippen molar-refractivity contribution in [1.29, 1.82) is 0 Å². The van der Waals surface area contributed by atoms with Crippen molar-refractivity contribution in [2.75, 3.05) is 13.2 Å². The predicted molar refractivity (Wildman–Crippen MR) is 220 cm³/mol. The number of esters is 2. The van der Waals surface area contributed by atoms with E-state index in [-0.39, 0.29) is 38.0 Å². The maximum atomic E-state index is 12.1. The Labute approximate surface area is 328 Å². The van der Waals surface area contributed by atoms with E-state index < -0.39 is 12.2 Å². The fraction of sp³-hybridized carbons (Fsp3) is 0.818. The van der Waals surface area contributed by atoms with Crippen LogP contribution in [0, 0.1) is 0 Å². The molecule has 9 heteroatoms. The summed E-state index contributed by atoms with van der Waals surface area (Å²) in [6.07, 6.45) is 40.2. The molecule has 0 aliphatic carbocycles. The van der Waals surface area contributed by atoms with E-state index in [0.717, 1.165) is 51.4 Å². The second kappa shape index (κ2) is 36.9. The number of carbonyl (C=O) groups excluding carboxylic acids is 2. The van der Waals surface area contributed by atoms with Gasteiger partial charge in [-0.25, -0.2) is 0 Å². The summed E-state index contributed by atoms with van der Waals surface area (Å²) in [5.41, 5.74) is 0. The van der Waals surface area contributed by atoms with Gasteiger partial charge in [-0.05, 0) is 64.2 Å². The van der Waals surface area contributed by atoms with Crippen LogP contribution < -0.4 is 0 Å². The van der Waals surface area contributed by atoms with Gasteiger partial charge in [-0.15, -0.1) is 21.5 Å². The number of carbonyl (C=O) groups is 2. The molecule has 0 saturated carbocycles. The van der Waals surface area contributed by atoms with Crippen molar-refractivity contribution in [2.45, 2.75) is 219 Å². The Balaban J connectivity index is 1.99. The van der Waals surface area contributed by atoms with Gasteiger partial charge in [0.1, 0.15) is 23.2 Å². The highest BCUT2D eigenvalue weighted by molar-refractivity contribution is 7.11. The van der Waals surface area contributed by atoms with E-state index in [4.69, 9.17) is 9.47 Å². The number of aromatic nitrogens is 2. The van der Waals surface area contributed by atoms with Gasteiger partial charge in [-0.2, -0.15) is 0 Å². The number of hydrogen-bond donors (Lipinski definition) is 2. The minimum atomic E-state index is -0.865. The summed E-state index contributed by atoms with van der Waals surface area (Å²) >= 11 is 1.29. The van der Waals surface area contributed by atoms with E-state index in [9.17, 15) is 19.8 Å². The molecular weight excluding hydrogens is 685 g/mol. The molecule has 0 amide bonds. The van der Waals surface area contributed by atoms with Gasteiger partial charge in [0.15, 0.2) is 0 Å². The zero-order valence-corrected chi connectivity index (χ0v) is 34.7. The van der Waals surface area contributed by atoms with Gasteiger partial charge in [0.25, 0.3) is 0 Å². The van der Waals surface area contributed by atoms with E-state index in [1.165, 1.54) is 127 Å². The summed E-state index contributed by atoms with van der Waals surface area (Å²) in [6, 6.07) is 0. The average molecular weight is 763 g/mol. The van der Waals surface area contributed by atoms with Crippen molar-refractivity contribution in [3.8, 4) is 0 Å². The van der Waals surface area contributed by atoms with Gasteiger partial charge < -0.3 is 19.7 Å². The molecule has 0 aliphatic heterocycles. The highest BCUT2D eigenvalue weighted by Gasteiger charge is 2.16. The van der Waals surface area contributed by atoms with Crippen LogP contribution in [0.25, 0.3) is 0 Å². The lowest BCUT2D eigenvalue weighted by Gasteiger charge is -2.10. The number of allylic oxidation sites excluding steroid dienone is 4. The first-order valence-electron chi connectivity index (χ1n) is 21.7. The Morgan fingerprint density at radius 2 is 0.811 bits per heavy atom. The molecule has 1 aromatic rings. The van der Waals surface area contributed by atoms with E-state index in [2.05, 4.69) is 48.3 Å². The van der Waals surface area contributed by atoms with E-state index in [1.807, 2.05) is 0 Å². The van der Waals surface area contributed by atoms with Crippen LogP contribution in [0.1, 0.15) is 204 Å². The number of nitrogens with zero attached hydrogens (tertiary/aromatic N) is 2. The predicted octanol–water partition coefficient (Wildman–Crippen LogP) is 11.5. The van der Waals surface area contributed by atoms with E-state index >= 15 is 0 Å². The van der Waals surface area contributed by atoms with Crippen molar-refractivity contribution >= 4 is 23.3 Å². The topological polar surface area (TPSA) is 119 Å². The second-order valence-corrected chi connectivity index (χ2v) is 16.0. The second-order valence-electron chi connectivity index (χ2n) is 14.8. The fourth-order valence-electron chi connectivity index (χ4n) is 6.18. The van der Waals surface area contributed by atoms with Gasteiger partial charge in [-0.1, -0.05) is 141 Å². The maximum Gasteiger partial charge on any atom is 0.305 e. The van der Waals surface area contributed by atoms with Crippen LogP contribution >= 0.6 is 11.3 Å². The lowest BCUT2D eigenvalue weighted by molar-refractivity contribution is -0.147. The Kier molecular flexibility index (Phi) is 34.0. The molecule has 0 aromatic carbocycles. The Morgan fingerprint density at radius 1 is 0.509 bits per heavy atom. The first-order chi connectivity index (χ1) is 25.9. The van der Waals surface area contributed by atoms with Gasteiger partial charge in [-0.3, -0.25) is 9.59 Å². The summed E-state index contributed by atoms with van der Waals surface area (Å²) in [6.45, 7) is 4.36. The third-order valence-electron chi connectivity index (χ3n) is 9.49. The molecule has 2 unspecified atom stereocenters. The van der Waals surface area contributed by atoms with Crippen LogP contribution in [0.5, 0.6) is 0 Å². The first kappa shape index (κ1) is 48.9. The Hall–Kier alpha value is -2.10. The number of ether oxygens (including phenoxy) is 2. The molecule has 0 fully saturated rings. The van der Waals surface area contributed by atoms with E-state index in [0.29, 0.717) is 22.9 Å². The SMILES string of the molecule is CCCCCCCC/C=C\CCCCCCCC(=O)OCC(O)Cc1nnc(CC(O)COC(=O)CCCCCCC/C=C\CCCCCCCC)s1. The summed E-state index contributed by atoms with van der Waals surface area (Å²) in [5.74, 6) is -0.566. The molecule has 306 valence electrons. The molecular formula is C44H78N2O6S. The molecule has 2 atom stereocenters. The molecule has 1 rings (SSSR count). The van der Waals surface area contributed by atoms with Crippen molar-refractivity contribution < 1.29 is 29.3 Å². The molecule has 8 nitrogen and oxygen atoms in total. The van der Waals surface area contributed by atoms with Crippen LogP contribution in [0.15, 0.2) is 24.3 Å². The smallest absolute Gasteiger partial charge is 0.305 e. The molecule has 0 spiro atoms. The average Bonchev–Trinajstić information content (AvgIpc) is 3.59. The lowest BCUT2D eigenvalue weighted by atomic mass is 10.1. The van der Waals surface area contributed by atoms with Crippen molar-refractivity contribution in [3.05, 3.63) is 34.3 Å². The molecule has 0 aliphatic rings.